The van der Waals surface area contributed by atoms with Crippen molar-refractivity contribution in [2.75, 3.05) is 6.61 Å². The van der Waals surface area contributed by atoms with Crippen molar-refractivity contribution in [3.63, 3.8) is 0 Å². The van der Waals surface area contributed by atoms with Crippen LogP contribution in [0, 0.1) is 12.1 Å². The summed E-state index contributed by atoms with van der Waals surface area (Å²) in [5.74, 6) is 1.27. The summed E-state index contributed by atoms with van der Waals surface area (Å²) >= 11 is 0. The van der Waals surface area contributed by atoms with Gasteiger partial charge in [-0.2, -0.15) is 0 Å². The van der Waals surface area contributed by atoms with Crippen molar-refractivity contribution in [2.45, 2.75) is 53.0 Å². The summed E-state index contributed by atoms with van der Waals surface area (Å²) in [5, 5.41) is 11.7. The molecule has 0 radical (unpaired) electrons. The number of nitrogens with zero attached hydrogens (tertiary/aromatic N) is 1. The van der Waals surface area contributed by atoms with Crippen LogP contribution in [0.2, 0.25) is 0 Å². The van der Waals surface area contributed by atoms with Gasteiger partial charge in [-0.3, -0.25) is 0 Å². The summed E-state index contributed by atoms with van der Waals surface area (Å²) in [5.41, 5.74) is 1.91. The third-order valence-corrected chi connectivity index (χ3v) is 2.93. The van der Waals surface area contributed by atoms with Crippen LogP contribution in [0.4, 0.5) is 0 Å². The topological polar surface area (TPSA) is 35.3 Å². The molecule has 0 heterocycles. The molecule has 1 rings (SSSR count). The van der Waals surface area contributed by atoms with Crippen molar-refractivity contribution in [1.29, 1.82) is 0 Å². The maximum atomic E-state index is 11.7. The van der Waals surface area contributed by atoms with Gasteiger partial charge in [0, 0.05) is 20.8 Å². The molecular formula is C16H25NO2. The lowest BCUT2D eigenvalue weighted by Crippen LogP contribution is -2.30. The van der Waals surface area contributed by atoms with E-state index in [1.807, 2.05) is 33.8 Å². The average Bonchev–Trinajstić information content (AvgIpc) is 2.27. The van der Waals surface area contributed by atoms with Crippen LogP contribution in [-0.4, -0.2) is 23.1 Å². The molecule has 1 aromatic carbocycles. The summed E-state index contributed by atoms with van der Waals surface area (Å²) in [6.07, 6.45) is 1.55. The number of ether oxygens (including phenoxy) is 1. The predicted octanol–water partition coefficient (Wildman–Crippen LogP) is 3.88. The quantitative estimate of drug-likeness (QED) is 0.358. The Morgan fingerprint density at radius 1 is 1.32 bits per heavy atom. The number of hydrogen-bond acceptors (Lipinski definition) is 2. The molecular weight excluding hydrogens is 238 g/mol. The van der Waals surface area contributed by atoms with E-state index in [9.17, 15) is 5.21 Å². The Morgan fingerprint density at radius 3 is 2.47 bits per heavy atom. The highest BCUT2D eigenvalue weighted by molar-refractivity contribution is 5.54. The van der Waals surface area contributed by atoms with E-state index in [-0.39, 0.29) is 0 Å². The maximum absolute atomic E-state index is 11.7. The first kappa shape index (κ1) is 15.5. The minimum Gasteiger partial charge on any atom is -0.624 e. The van der Waals surface area contributed by atoms with E-state index in [1.54, 1.807) is 6.21 Å². The summed E-state index contributed by atoms with van der Waals surface area (Å²) < 4.78 is 6.69. The van der Waals surface area contributed by atoms with Crippen LogP contribution in [-0.2, 0) is 0 Å². The molecule has 0 amide bonds. The first-order valence-corrected chi connectivity index (χ1v) is 6.75. The van der Waals surface area contributed by atoms with Gasteiger partial charge in [-0.15, -0.1) is 0 Å². The van der Waals surface area contributed by atoms with E-state index in [2.05, 4.69) is 26.0 Å². The van der Waals surface area contributed by atoms with E-state index in [0.29, 0.717) is 12.5 Å². The van der Waals surface area contributed by atoms with Gasteiger partial charge in [-0.05, 0) is 30.0 Å². The number of hydroxylamine groups is 1. The van der Waals surface area contributed by atoms with Gasteiger partial charge in [-0.25, -0.2) is 4.74 Å². The Morgan fingerprint density at radius 2 is 1.95 bits per heavy atom. The molecule has 3 nitrogen and oxygen atoms in total. The summed E-state index contributed by atoms with van der Waals surface area (Å²) in [6.45, 7) is 12.2. The summed E-state index contributed by atoms with van der Waals surface area (Å²) in [7, 11) is 0. The number of hydrogen-bond donors (Lipinski definition) is 0. The molecule has 0 aliphatic rings. The smallest absolute Gasteiger partial charge is 0.189 e. The Labute approximate surface area is 116 Å². The summed E-state index contributed by atoms with van der Waals surface area (Å²) in [4.78, 5) is 0. The maximum Gasteiger partial charge on any atom is 0.189 e. The third-order valence-electron chi connectivity index (χ3n) is 2.93. The highest BCUT2D eigenvalue weighted by atomic mass is 16.5. The van der Waals surface area contributed by atoms with E-state index in [0.717, 1.165) is 16.1 Å². The fourth-order valence-electron chi connectivity index (χ4n) is 1.71. The third kappa shape index (κ3) is 4.58. The van der Waals surface area contributed by atoms with Crippen molar-refractivity contribution in [1.82, 2.24) is 0 Å². The van der Waals surface area contributed by atoms with Gasteiger partial charge in [0.25, 0.3) is 0 Å². The van der Waals surface area contributed by atoms with Gasteiger partial charge >= 0.3 is 0 Å². The number of rotatable bonds is 4. The average molecular weight is 263 g/mol. The molecule has 0 spiro atoms. The lowest BCUT2D eigenvalue weighted by molar-refractivity contribution is -0.532. The Hall–Kier alpha value is -1.51. The van der Waals surface area contributed by atoms with Gasteiger partial charge in [0.1, 0.15) is 5.75 Å². The van der Waals surface area contributed by atoms with Crippen LogP contribution in [0.15, 0.2) is 18.2 Å². The monoisotopic (exact) mass is 263 g/mol. The largest absolute Gasteiger partial charge is 0.624 e. The lowest BCUT2D eigenvalue weighted by Gasteiger charge is -2.19. The van der Waals surface area contributed by atoms with Gasteiger partial charge in [-0.1, -0.05) is 26.0 Å². The first-order chi connectivity index (χ1) is 8.71. The molecule has 106 valence electrons. The van der Waals surface area contributed by atoms with Crippen molar-refractivity contribution in [2.24, 2.45) is 0 Å². The zero-order valence-electron chi connectivity index (χ0n) is 12.9. The van der Waals surface area contributed by atoms with E-state index in [4.69, 9.17) is 4.74 Å². The normalized spacial score (nSPS) is 12.9. The lowest BCUT2D eigenvalue weighted by atomic mass is 10.0. The molecule has 19 heavy (non-hydrogen) atoms. The SMILES string of the molecule is Cc1ccc(C(C)C)c(OCC=[N+]([O-])C(C)(C)C)c1. The van der Waals surface area contributed by atoms with Crippen molar-refractivity contribution in [3.8, 4) is 5.75 Å². The van der Waals surface area contributed by atoms with Crippen molar-refractivity contribution in [3.05, 3.63) is 34.5 Å². The Kier molecular flexibility index (Phi) is 4.98. The molecule has 3 heteroatoms. The Bertz CT molecular complexity index is 456. The number of aryl methyl sites for hydroxylation is 1. The van der Waals surface area contributed by atoms with Crippen molar-refractivity contribution < 1.29 is 9.48 Å². The second-order valence-electron chi connectivity index (χ2n) is 6.19. The zero-order valence-corrected chi connectivity index (χ0v) is 12.9. The Balaban J connectivity index is 2.81. The van der Waals surface area contributed by atoms with Crippen LogP contribution in [0.5, 0.6) is 5.75 Å². The van der Waals surface area contributed by atoms with Crippen LogP contribution in [0.3, 0.4) is 0 Å². The second kappa shape index (κ2) is 6.09. The molecule has 0 aromatic heterocycles. The fourth-order valence-corrected chi connectivity index (χ4v) is 1.71. The fraction of sp³-hybridized carbons (Fsp3) is 0.562. The minimum absolute atomic E-state index is 0.296. The van der Waals surface area contributed by atoms with E-state index in [1.165, 1.54) is 5.56 Å². The molecule has 0 fully saturated rings. The second-order valence-corrected chi connectivity index (χ2v) is 6.19. The van der Waals surface area contributed by atoms with Crippen LogP contribution in [0.1, 0.15) is 51.7 Å². The molecule has 0 saturated carbocycles. The van der Waals surface area contributed by atoms with Crippen LogP contribution < -0.4 is 4.74 Å². The van der Waals surface area contributed by atoms with Gasteiger partial charge in [0.05, 0.1) is 0 Å². The standard InChI is InChI=1S/C16H25NO2/c1-12(2)14-8-7-13(3)11-15(14)19-10-9-17(18)16(4,5)6/h7-9,11-12H,10H2,1-6H3. The van der Waals surface area contributed by atoms with Gasteiger partial charge in [0.2, 0.25) is 0 Å². The molecule has 0 saturated heterocycles. The molecule has 0 aliphatic heterocycles. The highest BCUT2D eigenvalue weighted by Gasteiger charge is 2.17. The highest BCUT2D eigenvalue weighted by Crippen LogP contribution is 2.27. The number of benzene rings is 1. The minimum atomic E-state index is -0.420. The van der Waals surface area contributed by atoms with E-state index < -0.39 is 5.54 Å². The van der Waals surface area contributed by atoms with E-state index >= 15 is 0 Å². The van der Waals surface area contributed by atoms with Crippen LogP contribution in [0.25, 0.3) is 0 Å². The predicted molar refractivity (Wildman–Crippen MR) is 80.2 cm³/mol. The zero-order chi connectivity index (χ0) is 14.6. The molecule has 0 N–H and O–H groups in total. The van der Waals surface area contributed by atoms with Gasteiger partial charge in [0.15, 0.2) is 18.4 Å². The van der Waals surface area contributed by atoms with Gasteiger partial charge < -0.3 is 9.94 Å². The van der Waals surface area contributed by atoms with Crippen LogP contribution >= 0.6 is 0 Å². The molecule has 0 bridgehead atoms. The molecule has 0 atom stereocenters. The summed E-state index contributed by atoms with van der Waals surface area (Å²) in [6, 6.07) is 6.20. The molecule has 1 aromatic rings. The first-order valence-electron chi connectivity index (χ1n) is 6.75. The van der Waals surface area contributed by atoms with Crippen molar-refractivity contribution >= 4 is 6.21 Å². The molecule has 0 unspecified atom stereocenters. The molecule has 0 aliphatic carbocycles.